The van der Waals surface area contributed by atoms with Gasteiger partial charge in [0.15, 0.2) is 5.82 Å². The summed E-state index contributed by atoms with van der Waals surface area (Å²) in [6.07, 6.45) is 3.15. The number of halogens is 2. The first-order valence-corrected chi connectivity index (χ1v) is 4.94. The van der Waals surface area contributed by atoms with Crippen LogP contribution in [0.4, 0.5) is 0 Å². The summed E-state index contributed by atoms with van der Waals surface area (Å²) in [4.78, 5) is 12.1. The molecule has 2 heterocycles. The summed E-state index contributed by atoms with van der Waals surface area (Å²) in [5.41, 5.74) is 0.823. The van der Waals surface area contributed by atoms with Gasteiger partial charge < -0.3 is 4.42 Å². The molecule has 0 N–H and O–H groups in total. The average molecular weight is 305 g/mol. The molecular formula is C7H3Br2N3O. The van der Waals surface area contributed by atoms with E-state index < -0.39 is 0 Å². The molecule has 66 valence electrons. The molecule has 0 aromatic carbocycles. The Kier molecular flexibility index (Phi) is 2.41. The van der Waals surface area contributed by atoms with Crippen LogP contribution in [0.2, 0.25) is 0 Å². The zero-order valence-electron chi connectivity index (χ0n) is 6.24. The lowest BCUT2D eigenvalue weighted by Crippen LogP contribution is -1.92. The highest BCUT2D eigenvalue weighted by molar-refractivity contribution is 9.11. The van der Waals surface area contributed by atoms with Gasteiger partial charge in [-0.1, -0.05) is 0 Å². The summed E-state index contributed by atoms with van der Waals surface area (Å²) < 4.78 is 5.90. The van der Waals surface area contributed by atoms with Crippen LogP contribution >= 0.6 is 31.9 Å². The van der Waals surface area contributed by atoms with E-state index in [2.05, 4.69) is 46.8 Å². The van der Waals surface area contributed by atoms with Crippen molar-refractivity contribution in [2.45, 2.75) is 0 Å². The van der Waals surface area contributed by atoms with Crippen molar-refractivity contribution >= 4 is 31.9 Å². The molecule has 0 bridgehead atoms. The van der Waals surface area contributed by atoms with Crippen LogP contribution in [0.25, 0.3) is 11.4 Å². The van der Waals surface area contributed by atoms with Crippen LogP contribution in [0.15, 0.2) is 32.5 Å². The third-order valence-electron chi connectivity index (χ3n) is 1.36. The first-order valence-electron chi connectivity index (χ1n) is 3.35. The number of furan rings is 1. The maximum atomic E-state index is 4.92. The number of nitrogens with zero attached hydrogens (tertiary/aromatic N) is 3. The first kappa shape index (κ1) is 8.83. The molecule has 0 saturated heterocycles. The van der Waals surface area contributed by atoms with Crippen LogP contribution in [0.1, 0.15) is 0 Å². The van der Waals surface area contributed by atoms with E-state index in [0.717, 1.165) is 5.56 Å². The van der Waals surface area contributed by atoms with Crippen molar-refractivity contribution in [3.05, 3.63) is 28.1 Å². The van der Waals surface area contributed by atoms with Gasteiger partial charge in [0.05, 0.1) is 11.8 Å². The maximum absolute atomic E-state index is 4.92. The van der Waals surface area contributed by atoms with Crippen molar-refractivity contribution in [3.63, 3.8) is 0 Å². The predicted octanol–water partition coefficient (Wildman–Crippen LogP) is 2.66. The molecule has 2 aromatic heterocycles. The Balaban J connectivity index is 2.53. The van der Waals surface area contributed by atoms with E-state index in [1.165, 1.54) is 0 Å². The Morgan fingerprint density at radius 3 is 2.31 bits per heavy atom. The molecule has 2 aromatic rings. The van der Waals surface area contributed by atoms with Crippen molar-refractivity contribution in [3.8, 4) is 11.4 Å². The zero-order chi connectivity index (χ0) is 9.26. The second-order valence-corrected chi connectivity index (χ2v) is 3.63. The number of rotatable bonds is 1. The minimum absolute atomic E-state index is 0.491. The van der Waals surface area contributed by atoms with Crippen LogP contribution in [0.3, 0.4) is 0 Å². The molecule has 6 heteroatoms. The lowest BCUT2D eigenvalue weighted by Gasteiger charge is -1.96. The Hall–Kier alpha value is -0.750. The molecule has 0 saturated carbocycles. The number of aromatic nitrogens is 3. The van der Waals surface area contributed by atoms with Gasteiger partial charge in [-0.15, -0.1) is 0 Å². The van der Waals surface area contributed by atoms with Crippen molar-refractivity contribution in [2.24, 2.45) is 0 Å². The van der Waals surface area contributed by atoms with Gasteiger partial charge in [-0.3, -0.25) is 0 Å². The number of hydrogen-bond acceptors (Lipinski definition) is 4. The lowest BCUT2D eigenvalue weighted by molar-refractivity contribution is 0.568. The monoisotopic (exact) mass is 303 g/mol. The fourth-order valence-corrected chi connectivity index (χ4v) is 1.76. The normalized spacial score (nSPS) is 10.3. The Bertz CT molecular complexity index is 395. The van der Waals surface area contributed by atoms with Crippen LogP contribution in [0.5, 0.6) is 0 Å². The molecule has 2 rings (SSSR count). The molecule has 0 radical (unpaired) electrons. The molecule has 0 unspecified atom stereocenters. The van der Waals surface area contributed by atoms with Crippen molar-refractivity contribution in [1.82, 2.24) is 15.0 Å². The maximum Gasteiger partial charge on any atom is 0.201 e. The van der Waals surface area contributed by atoms with E-state index in [1.54, 1.807) is 18.6 Å². The molecule has 0 aliphatic rings. The van der Waals surface area contributed by atoms with Gasteiger partial charge >= 0.3 is 0 Å². The predicted molar refractivity (Wildman–Crippen MR) is 52.9 cm³/mol. The van der Waals surface area contributed by atoms with E-state index in [1.807, 2.05) is 0 Å². The fraction of sp³-hybridized carbons (Fsp3) is 0. The van der Waals surface area contributed by atoms with Crippen LogP contribution in [0, 0.1) is 0 Å². The minimum atomic E-state index is 0.491. The fourth-order valence-electron chi connectivity index (χ4n) is 0.847. The van der Waals surface area contributed by atoms with E-state index >= 15 is 0 Å². The first-order chi connectivity index (χ1) is 6.25. The van der Waals surface area contributed by atoms with Gasteiger partial charge in [-0.05, 0) is 37.9 Å². The third-order valence-corrected chi connectivity index (χ3v) is 2.07. The summed E-state index contributed by atoms with van der Waals surface area (Å²) in [7, 11) is 0. The molecule has 4 nitrogen and oxygen atoms in total. The Morgan fingerprint density at radius 1 is 1.08 bits per heavy atom. The molecule has 0 aliphatic heterocycles. The van der Waals surface area contributed by atoms with E-state index in [4.69, 9.17) is 4.42 Å². The largest absolute Gasteiger partial charge is 0.472 e. The molecule has 0 spiro atoms. The van der Waals surface area contributed by atoms with E-state index in [-0.39, 0.29) is 0 Å². The smallest absolute Gasteiger partial charge is 0.201 e. The summed E-state index contributed by atoms with van der Waals surface area (Å²) in [5.74, 6) is 0.572. The molecule has 13 heavy (non-hydrogen) atoms. The quantitative estimate of drug-likeness (QED) is 0.813. The van der Waals surface area contributed by atoms with Crippen LogP contribution in [-0.4, -0.2) is 15.0 Å². The zero-order valence-corrected chi connectivity index (χ0v) is 9.41. The second kappa shape index (κ2) is 3.55. The summed E-state index contributed by atoms with van der Waals surface area (Å²) in [6, 6.07) is 1.79. The number of hydrogen-bond donors (Lipinski definition) is 0. The van der Waals surface area contributed by atoms with Crippen LogP contribution < -0.4 is 0 Å². The van der Waals surface area contributed by atoms with Crippen molar-refractivity contribution in [1.29, 1.82) is 0 Å². The van der Waals surface area contributed by atoms with Gasteiger partial charge in [0.2, 0.25) is 9.47 Å². The molecule has 0 fully saturated rings. The van der Waals surface area contributed by atoms with Crippen molar-refractivity contribution in [2.75, 3.05) is 0 Å². The topological polar surface area (TPSA) is 51.8 Å². The Morgan fingerprint density at radius 2 is 1.77 bits per heavy atom. The van der Waals surface area contributed by atoms with Crippen LogP contribution in [-0.2, 0) is 0 Å². The van der Waals surface area contributed by atoms with E-state index in [9.17, 15) is 0 Å². The summed E-state index contributed by atoms with van der Waals surface area (Å²) in [5, 5.41) is 0. The standard InChI is InChI=1S/C7H3Br2N3O/c8-6-10-5(11-7(9)12-6)4-1-2-13-3-4/h1-3H. The molecule has 0 aliphatic carbocycles. The molecule has 0 amide bonds. The van der Waals surface area contributed by atoms with Gasteiger partial charge in [0.25, 0.3) is 0 Å². The third kappa shape index (κ3) is 1.94. The van der Waals surface area contributed by atoms with Crippen molar-refractivity contribution < 1.29 is 4.42 Å². The van der Waals surface area contributed by atoms with Gasteiger partial charge in [-0.2, -0.15) is 4.98 Å². The molecular weight excluding hydrogens is 302 g/mol. The summed E-state index contributed by atoms with van der Waals surface area (Å²) >= 11 is 6.35. The average Bonchev–Trinajstić information content (AvgIpc) is 2.53. The van der Waals surface area contributed by atoms with Gasteiger partial charge in [0.1, 0.15) is 6.26 Å². The second-order valence-electron chi connectivity index (χ2n) is 2.21. The highest BCUT2D eigenvalue weighted by Gasteiger charge is 2.05. The highest BCUT2D eigenvalue weighted by atomic mass is 79.9. The van der Waals surface area contributed by atoms with Gasteiger partial charge in [-0.25, -0.2) is 9.97 Å². The van der Waals surface area contributed by atoms with Gasteiger partial charge in [0, 0.05) is 0 Å². The Labute approximate surface area is 90.7 Å². The molecule has 0 atom stereocenters. The lowest BCUT2D eigenvalue weighted by atomic mass is 10.3. The summed E-state index contributed by atoms with van der Waals surface area (Å²) in [6.45, 7) is 0. The van der Waals surface area contributed by atoms with E-state index in [0.29, 0.717) is 15.3 Å². The SMILES string of the molecule is Brc1nc(Br)nc(-c2ccoc2)n1. The highest BCUT2D eigenvalue weighted by Crippen LogP contribution is 2.18. The minimum Gasteiger partial charge on any atom is -0.472 e.